The lowest BCUT2D eigenvalue weighted by Crippen LogP contribution is -2.07. The van der Waals surface area contributed by atoms with E-state index in [2.05, 4.69) is 31.2 Å². The number of carbonyl (C=O) groups is 2. The molecular formula is C22H26O2. The fraction of sp³-hybridized carbons (Fsp3) is 0.364. The maximum Gasteiger partial charge on any atom is 0.170 e. The van der Waals surface area contributed by atoms with Crippen molar-refractivity contribution in [3.8, 4) is 11.1 Å². The third-order valence-electron chi connectivity index (χ3n) is 4.20. The van der Waals surface area contributed by atoms with Crippen LogP contribution in [0.4, 0.5) is 0 Å². The molecule has 2 nitrogen and oxygen atoms in total. The Bertz CT molecular complexity index is 666. The highest BCUT2D eigenvalue weighted by atomic mass is 16.1. The maximum absolute atomic E-state index is 12.2. The summed E-state index contributed by atoms with van der Waals surface area (Å²) in [6.07, 6.45) is 4.60. The Morgan fingerprint density at radius 1 is 0.792 bits per heavy atom. The number of benzene rings is 2. The second-order valence-electron chi connectivity index (χ2n) is 6.27. The summed E-state index contributed by atoms with van der Waals surface area (Å²) in [5.41, 5.74) is 4.20. The van der Waals surface area contributed by atoms with Crippen molar-refractivity contribution in [3.63, 3.8) is 0 Å². The first kappa shape index (κ1) is 18.1. The van der Waals surface area contributed by atoms with Crippen molar-refractivity contribution in [3.05, 3.63) is 59.7 Å². The summed E-state index contributed by atoms with van der Waals surface area (Å²) in [5, 5.41) is 0. The Morgan fingerprint density at radius 3 is 1.92 bits per heavy atom. The Morgan fingerprint density at radius 2 is 1.38 bits per heavy atom. The molecule has 126 valence electrons. The fourth-order valence-electron chi connectivity index (χ4n) is 2.74. The van der Waals surface area contributed by atoms with Gasteiger partial charge in [0.15, 0.2) is 5.78 Å². The van der Waals surface area contributed by atoms with Gasteiger partial charge in [-0.2, -0.15) is 0 Å². The van der Waals surface area contributed by atoms with Gasteiger partial charge < -0.3 is 0 Å². The van der Waals surface area contributed by atoms with Gasteiger partial charge in [0.1, 0.15) is 5.78 Å². The molecule has 0 spiro atoms. The molecule has 0 fully saturated rings. The van der Waals surface area contributed by atoms with Crippen LogP contribution >= 0.6 is 0 Å². The van der Waals surface area contributed by atoms with Gasteiger partial charge in [-0.05, 0) is 29.5 Å². The third kappa shape index (κ3) is 5.16. The molecule has 2 aromatic rings. The lowest BCUT2D eigenvalue weighted by Gasteiger charge is -2.06. The third-order valence-corrected chi connectivity index (χ3v) is 4.20. The normalized spacial score (nSPS) is 10.6. The van der Waals surface area contributed by atoms with E-state index < -0.39 is 0 Å². The number of hydrogen-bond donors (Lipinski definition) is 0. The van der Waals surface area contributed by atoms with Crippen LogP contribution in [0.25, 0.3) is 11.1 Å². The molecule has 0 aliphatic rings. The van der Waals surface area contributed by atoms with E-state index in [9.17, 15) is 9.59 Å². The van der Waals surface area contributed by atoms with Crippen molar-refractivity contribution in [2.75, 3.05) is 0 Å². The fourth-order valence-corrected chi connectivity index (χ4v) is 2.74. The summed E-state index contributed by atoms with van der Waals surface area (Å²) in [5.74, 6) is -0.0432. The highest BCUT2D eigenvalue weighted by Gasteiger charge is 2.11. The Hall–Kier alpha value is -2.22. The molecule has 2 aromatic carbocycles. The molecule has 0 N–H and O–H groups in total. The van der Waals surface area contributed by atoms with Gasteiger partial charge >= 0.3 is 0 Å². The van der Waals surface area contributed by atoms with Crippen LogP contribution in [0.3, 0.4) is 0 Å². The number of ketones is 2. The Balaban J connectivity index is 2.01. The molecule has 0 unspecified atom stereocenters. The number of hydrogen-bond acceptors (Lipinski definition) is 2. The molecule has 0 aliphatic heterocycles. The molecule has 0 radical (unpaired) electrons. The molecule has 0 saturated carbocycles. The minimum atomic E-state index is -0.0825. The molecule has 2 heteroatoms. The van der Waals surface area contributed by atoms with Crippen LogP contribution < -0.4 is 0 Å². The Labute approximate surface area is 144 Å². The smallest absolute Gasteiger partial charge is 0.170 e. The molecule has 0 bridgehead atoms. The van der Waals surface area contributed by atoms with E-state index in [1.807, 2.05) is 31.2 Å². The van der Waals surface area contributed by atoms with Crippen molar-refractivity contribution in [1.82, 2.24) is 0 Å². The van der Waals surface area contributed by atoms with Gasteiger partial charge in [-0.3, -0.25) is 9.59 Å². The van der Waals surface area contributed by atoms with E-state index in [0.717, 1.165) is 36.8 Å². The van der Waals surface area contributed by atoms with E-state index in [1.54, 1.807) is 0 Å². The Kier molecular flexibility index (Phi) is 6.92. The first-order valence-corrected chi connectivity index (χ1v) is 8.88. The number of unbranched alkanes of at least 4 members (excludes halogenated alkanes) is 1. The number of rotatable bonds is 9. The van der Waals surface area contributed by atoms with Gasteiger partial charge in [-0.25, -0.2) is 0 Å². The van der Waals surface area contributed by atoms with Crippen LogP contribution in [-0.2, 0) is 11.2 Å². The number of carbonyl (C=O) groups excluding carboxylic acids is 2. The molecule has 0 atom stereocenters. The SMILES string of the molecule is CCCCC(=O)CC(=O)c1ccc(-c2ccc(CCC)cc2)cc1. The summed E-state index contributed by atoms with van der Waals surface area (Å²) in [7, 11) is 0. The highest BCUT2D eigenvalue weighted by Crippen LogP contribution is 2.21. The van der Waals surface area contributed by atoms with Gasteiger partial charge in [0.05, 0.1) is 6.42 Å². The lowest BCUT2D eigenvalue weighted by atomic mass is 9.98. The van der Waals surface area contributed by atoms with Crippen molar-refractivity contribution >= 4 is 11.6 Å². The van der Waals surface area contributed by atoms with Crippen LogP contribution in [0.15, 0.2) is 48.5 Å². The molecule has 24 heavy (non-hydrogen) atoms. The van der Waals surface area contributed by atoms with Crippen LogP contribution in [-0.4, -0.2) is 11.6 Å². The van der Waals surface area contributed by atoms with Gasteiger partial charge in [-0.1, -0.05) is 75.2 Å². The molecule has 0 amide bonds. The highest BCUT2D eigenvalue weighted by molar-refractivity contribution is 6.08. The van der Waals surface area contributed by atoms with E-state index >= 15 is 0 Å². The maximum atomic E-state index is 12.2. The average Bonchev–Trinajstić information content (AvgIpc) is 2.61. The molecule has 0 saturated heterocycles. The van der Waals surface area contributed by atoms with Gasteiger partial charge in [0, 0.05) is 12.0 Å². The molecule has 0 heterocycles. The zero-order valence-corrected chi connectivity index (χ0v) is 14.7. The first-order chi connectivity index (χ1) is 11.6. The quantitative estimate of drug-likeness (QED) is 0.442. The van der Waals surface area contributed by atoms with Crippen molar-refractivity contribution < 1.29 is 9.59 Å². The number of Topliss-reactive ketones (excluding diaryl/α,β-unsaturated/α-hetero) is 2. The molecular weight excluding hydrogens is 296 g/mol. The molecule has 0 aliphatic carbocycles. The van der Waals surface area contributed by atoms with E-state index in [0.29, 0.717) is 12.0 Å². The molecule has 2 rings (SSSR count). The minimum absolute atomic E-state index is 0.0189. The number of aryl methyl sites for hydroxylation is 1. The lowest BCUT2D eigenvalue weighted by molar-refractivity contribution is -0.118. The van der Waals surface area contributed by atoms with E-state index in [4.69, 9.17) is 0 Å². The van der Waals surface area contributed by atoms with E-state index in [1.165, 1.54) is 5.56 Å². The summed E-state index contributed by atoms with van der Waals surface area (Å²) in [6.45, 7) is 4.22. The minimum Gasteiger partial charge on any atom is -0.299 e. The standard InChI is InChI=1S/C22H26O2/c1-3-5-7-21(23)16-22(24)20-14-12-19(13-15-20)18-10-8-17(6-4-2)9-11-18/h8-15H,3-7,16H2,1-2H3. The summed E-state index contributed by atoms with van der Waals surface area (Å²) >= 11 is 0. The van der Waals surface area contributed by atoms with Crippen molar-refractivity contribution in [2.45, 2.75) is 52.4 Å². The van der Waals surface area contributed by atoms with Crippen LogP contribution in [0, 0.1) is 0 Å². The van der Waals surface area contributed by atoms with Crippen LogP contribution in [0.5, 0.6) is 0 Å². The largest absolute Gasteiger partial charge is 0.299 e. The van der Waals surface area contributed by atoms with Crippen molar-refractivity contribution in [1.29, 1.82) is 0 Å². The van der Waals surface area contributed by atoms with E-state index in [-0.39, 0.29) is 18.0 Å². The van der Waals surface area contributed by atoms with Gasteiger partial charge in [0.25, 0.3) is 0 Å². The van der Waals surface area contributed by atoms with Gasteiger partial charge in [0.2, 0.25) is 0 Å². The van der Waals surface area contributed by atoms with Crippen LogP contribution in [0.1, 0.15) is 61.9 Å². The predicted octanol–water partition coefficient (Wildman–Crippen LogP) is 5.64. The zero-order valence-electron chi connectivity index (χ0n) is 14.7. The summed E-state index contributed by atoms with van der Waals surface area (Å²) in [6, 6.07) is 16.1. The topological polar surface area (TPSA) is 34.1 Å². The van der Waals surface area contributed by atoms with Crippen LogP contribution in [0.2, 0.25) is 0 Å². The monoisotopic (exact) mass is 322 g/mol. The first-order valence-electron chi connectivity index (χ1n) is 8.88. The second-order valence-corrected chi connectivity index (χ2v) is 6.27. The summed E-state index contributed by atoms with van der Waals surface area (Å²) < 4.78 is 0. The summed E-state index contributed by atoms with van der Waals surface area (Å²) in [4.78, 5) is 23.9. The van der Waals surface area contributed by atoms with Gasteiger partial charge in [-0.15, -0.1) is 0 Å². The van der Waals surface area contributed by atoms with Crippen molar-refractivity contribution in [2.24, 2.45) is 0 Å². The zero-order chi connectivity index (χ0) is 17.4. The predicted molar refractivity (Wildman–Crippen MR) is 99.4 cm³/mol. The average molecular weight is 322 g/mol. The molecule has 0 aromatic heterocycles. The second kappa shape index (κ2) is 9.17.